The molecule has 3 N–H and O–H groups in total. The fourth-order valence-electron chi connectivity index (χ4n) is 5.70. The van der Waals surface area contributed by atoms with Crippen LogP contribution in [-0.4, -0.2) is 44.4 Å². The van der Waals surface area contributed by atoms with Crippen molar-refractivity contribution in [2.75, 3.05) is 6.54 Å². The molecule has 4 atom stereocenters. The molecule has 234 valence electrons. The van der Waals surface area contributed by atoms with E-state index in [4.69, 9.17) is 14.9 Å². The average molecular weight is 570 g/mol. The summed E-state index contributed by atoms with van der Waals surface area (Å²) in [7, 11) is -1.88. The van der Waals surface area contributed by atoms with Crippen molar-refractivity contribution in [1.82, 2.24) is 0 Å². The zero-order valence-electron chi connectivity index (χ0n) is 27.4. The second kappa shape index (κ2) is 21.7. The number of unbranched alkanes of at least 4 members (excludes halogenated alkanes) is 16. The molecule has 1 aliphatic heterocycles. The van der Waals surface area contributed by atoms with Gasteiger partial charge in [0, 0.05) is 0 Å². The summed E-state index contributed by atoms with van der Waals surface area (Å²) >= 11 is 0. The molecule has 1 heterocycles. The summed E-state index contributed by atoms with van der Waals surface area (Å²) in [5, 5.41) is 11.1. The van der Waals surface area contributed by atoms with Gasteiger partial charge in [-0.15, -0.1) is 0 Å². The third-order valence-electron chi connectivity index (χ3n) is 9.48. The zero-order valence-corrected chi connectivity index (χ0v) is 28.4. The van der Waals surface area contributed by atoms with Crippen LogP contribution < -0.4 is 5.73 Å². The Morgan fingerprint density at radius 2 is 1.15 bits per heavy atom. The van der Waals surface area contributed by atoms with Crippen molar-refractivity contribution in [3.05, 3.63) is 0 Å². The van der Waals surface area contributed by atoms with Crippen molar-refractivity contribution >= 4 is 8.32 Å². The summed E-state index contributed by atoms with van der Waals surface area (Å²) in [4.78, 5) is 0. The fraction of sp³-hybridized carbons (Fsp3) is 1.00. The first kappa shape index (κ1) is 37.1. The van der Waals surface area contributed by atoms with Crippen LogP contribution >= 0.6 is 0 Å². The second-order valence-corrected chi connectivity index (χ2v) is 18.9. The van der Waals surface area contributed by atoms with Crippen LogP contribution in [-0.2, 0) is 9.16 Å². The predicted octanol–water partition coefficient (Wildman–Crippen LogP) is 10.1. The van der Waals surface area contributed by atoms with E-state index in [2.05, 4.69) is 40.8 Å². The minimum absolute atomic E-state index is 0.00973. The highest BCUT2D eigenvalue weighted by Crippen LogP contribution is 2.40. The lowest BCUT2D eigenvalue weighted by Crippen LogP contribution is -2.47. The maximum Gasteiger partial charge on any atom is 0.192 e. The Morgan fingerprint density at radius 1 is 0.718 bits per heavy atom. The van der Waals surface area contributed by atoms with E-state index in [0.29, 0.717) is 0 Å². The van der Waals surface area contributed by atoms with Gasteiger partial charge in [0.1, 0.15) is 0 Å². The van der Waals surface area contributed by atoms with Crippen LogP contribution in [0.15, 0.2) is 0 Å². The number of ether oxygens (including phenoxy) is 1. The lowest BCUT2D eigenvalue weighted by atomic mass is 10.00. The Labute approximate surface area is 246 Å². The largest absolute Gasteiger partial charge is 0.411 e. The van der Waals surface area contributed by atoms with Gasteiger partial charge in [0.05, 0.1) is 24.4 Å². The number of aliphatic hydroxyl groups excluding tert-OH is 1. The highest BCUT2D eigenvalue weighted by Gasteiger charge is 2.43. The summed E-state index contributed by atoms with van der Waals surface area (Å²) in [5.74, 6) is 0. The molecule has 1 rings (SSSR count). The van der Waals surface area contributed by atoms with E-state index in [-0.39, 0.29) is 29.5 Å². The third-order valence-corrected chi connectivity index (χ3v) is 14.0. The highest BCUT2D eigenvalue weighted by molar-refractivity contribution is 6.74. The van der Waals surface area contributed by atoms with Crippen LogP contribution in [0.1, 0.15) is 169 Å². The molecule has 0 saturated carbocycles. The van der Waals surface area contributed by atoms with Crippen LogP contribution in [0, 0.1) is 0 Å². The fourth-order valence-corrected chi connectivity index (χ4v) is 7.08. The van der Waals surface area contributed by atoms with E-state index in [1.807, 2.05) is 0 Å². The molecule has 1 fully saturated rings. The van der Waals surface area contributed by atoms with Gasteiger partial charge in [0.15, 0.2) is 8.32 Å². The third kappa shape index (κ3) is 16.9. The van der Waals surface area contributed by atoms with Crippen molar-refractivity contribution in [3.63, 3.8) is 0 Å². The van der Waals surface area contributed by atoms with Crippen LogP contribution in [0.3, 0.4) is 0 Å². The van der Waals surface area contributed by atoms with Gasteiger partial charge in [0.25, 0.3) is 0 Å². The zero-order chi connectivity index (χ0) is 29.0. The van der Waals surface area contributed by atoms with Crippen LogP contribution in [0.2, 0.25) is 18.1 Å². The van der Waals surface area contributed by atoms with Crippen LogP contribution in [0.25, 0.3) is 0 Å². The van der Waals surface area contributed by atoms with E-state index >= 15 is 0 Å². The molecule has 0 bridgehead atoms. The molecular formula is C34H71NO3Si. The smallest absolute Gasteiger partial charge is 0.192 e. The highest BCUT2D eigenvalue weighted by atomic mass is 28.4. The van der Waals surface area contributed by atoms with Gasteiger partial charge < -0.3 is 20.0 Å². The SMILES string of the molecule is CCCCCCCCCCCC[C@@H](O[Si](C)(C)C(C)(C)C)[C@H]1CC[C@H]([C@H](O)CCCCCCCCCCN)O1. The number of nitrogens with two attached hydrogens (primary N) is 1. The number of aliphatic hydroxyl groups is 1. The van der Waals surface area contributed by atoms with E-state index in [1.165, 1.54) is 103 Å². The van der Waals surface area contributed by atoms with E-state index in [9.17, 15) is 5.11 Å². The normalized spacial score (nSPS) is 20.0. The molecular weight excluding hydrogens is 498 g/mol. The van der Waals surface area contributed by atoms with Gasteiger partial charge in [-0.3, -0.25) is 0 Å². The van der Waals surface area contributed by atoms with E-state index in [0.717, 1.165) is 45.1 Å². The molecule has 0 aromatic rings. The Kier molecular flexibility index (Phi) is 20.6. The van der Waals surface area contributed by atoms with Gasteiger partial charge in [-0.2, -0.15) is 0 Å². The van der Waals surface area contributed by atoms with E-state index < -0.39 is 8.32 Å². The standard InChI is InChI=1S/C34H71NO3Si/c1-7-8-9-10-11-12-13-17-20-23-26-33(38-39(5,6)34(2,3)4)32-28-27-31(37-32)30(36)25-22-19-16-14-15-18-21-24-29-35/h30-33,36H,7-29,35H2,1-6H3/t30-,31-,32-,33-/m1/s1. The summed E-state index contributed by atoms with van der Waals surface area (Å²) in [5.41, 5.74) is 5.57. The van der Waals surface area contributed by atoms with Crippen molar-refractivity contribution < 1.29 is 14.3 Å². The molecule has 5 heteroatoms. The first-order chi connectivity index (χ1) is 18.6. The topological polar surface area (TPSA) is 64.7 Å². The first-order valence-corrected chi connectivity index (χ1v) is 20.2. The molecule has 0 aliphatic carbocycles. The monoisotopic (exact) mass is 570 g/mol. The summed E-state index contributed by atoms with van der Waals surface area (Å²) in [6.45, 7) is 14.9. The molecule has 0 amide bonds. The predicted molar refractivity (Wildman–Crippen MR) is 173 cm³/mol. The minimum Gasteiger partial charge on any atom is -0.411 e. The molecule has 1 aliphatic rings. The summed E-state index contributed by atoms with van der Waals surface area (Å²) in [6, 6.07) is 0. The van der Waals surface area contributed by atoms with Gasteiger partial charge in [0.2, 0.25) is 0 Å². The Hall–Kier alpha value is 0.0569. The number of hydrogen-bond donors (Lipinski definition) is 2. The van der Waals surface area contributed by atoms with Gasteiger partial charge >= 0.3 is 0 Å². The van der Waals surface area contributed by atoms with Gasteiger partial charge in [-0.05, 0) is 56.8 Å². The molecule has 0 aromatic carbocycles. The second-order valence-electron chi connectivity index (χ2n) is 14.2. The lowest BCUT2D eigenvalue weighted by Gasteiger charge is -2.41. The minimum atomic E-state index is -1.88. The first-order valence-electron chi connectivity index (χ1n) is 17.3. The van der Waals surface area contributed by atoms with Crippen molar-refractivity contribution in [1.29, 1.82) is 0 Å². The summed E-state index contributed by atoms with van der Waals surface area (Å²) in [6.07, 6.45) is 27.6. The van der Waals surface area contributed by atoms with Crippen molar-refractivity contribution in [2.45, 2.75) is 212 Å². The molecule has 1 saturated heterocycles. The molecule has 0 aromatic heterocycles. The Balaban J connectivity index is 2.40. The van der Waals surface area contributed by atoms with Crippen LogP contribution in [0.4, 0.5) is 0 Å². The molecule has 0 unspecified atom stereocenters. The van der Waals surface area contributed by atoms with Crippen molar-refractivity contribution in [2.24, 2.45) is 5.73 Å². The van der Waals surface area contributed by atoms with Gasteiger partial charge in [-0.1, -0.05) is 137 Å². The van der Waals surface area contributed by atoms with Crippen molar-refractivity contribution in [3.8, 4) is 0 Å². The lowest BCUT2D eigenvalue weighted by molar-refractivity contribution is -0.0751. The average Bonchev–Trinajstić information content (AvgIpc) is 3.38. The summed E-state index contributed by atoms with van der Waals surface area (Å²) < 4.78 is 13.5. The number of rotatable bonds is 25. The number of hydrogen-bond acceptors (Lipinski definition) is 4. The maximum atomic E-state index is 10.9. The molecule has 0 radical (unpaired) electrons. The molecule has 4 nitrogen and oxygen atoms in total. The van der Waals surface area contributed by atoms with E-state index in [1.54, 1.807) is 0 Å². The molecule has 39 heavy (non-hydrogen) atoms. The Morgan fingerprint density at radius 3 is 1.64 bits per heavy atom. The van der Waals surface area contributed by atoms with Crippen LogP contribution in [0.5, 0.6) is 0 Å². The maximum absolute atomic E-state index is 10.9. The Bertz CT molecular complexity index is 565. The van der Waals surface area contributed by atoms with Gasteiger partial charge in [-0.25, -0.2) is 0 Å². The quantitative estimate of drug-likeness (QED) is 0.0848. The molecule has 0 spiro atoms.